The van der Waals surface area contributed by atoms with Crippen LogP contribution in [0.1, 0.15) is 48.0 Å². The Morgan fingerprint density at radius 1 is 0.903 bits per heavy atom. The van der Waals surface area contributed by atoms with Gasteiger partial charge in [-0.1, -0.05) is 81.4 Å². The van der Waals surface area contributed by atoms with Crippen molar-refractivity contribution in [2.24, 2.45) is 11.8 Å². The van der Waals surface area contributed by atoms with E-state index in [2.05, 4.69) is 86.8 Å². The summed E-state index contributed by atoms with van der Waals surface area (Å²) in [6.07, 6.45) is 0.736. The third-order valence-corrected chi connectivity index (χ3v) is 10.9. The first-order valence-corrected chi connectivity index (χ1v) is 13.2. The Hall–Kier alpha value is -2.11. The Balaban J connectivity index is 1.72. The van der Waals surface area contributed by atoms with Crippen molar-refractivity contribution in [1.82, 2.24) is 5.32 Å². The molecule has 0 saturated heterocycles. The fourth-order valence-corrected chi connectivity index (χ4v) is 8.91. The topological polar surface area (TPSA) is 47.6 Å². The minimum Gasteiger partial charge on any atom is -0.444 e. The standard InChI is InChI=1S/C26H37NO3Si/c1-25(2,3)30-24(28)27-18-20-17-21(20)19-29-31(26(4,5)6,22-13-9-7-10-14-22)23-15-11-8-12-16-23/h7-16,20-21H,17-19H2,1-6H3,(H,27,28). The summed E-state index contributed by atoms with van der Waals surface area (Å²) in [5.41, 5.74) is -0.473. The van der Waals surface area contributed by atoms with Crippen LogP contribution in [-0.2, 0) is 9.16 Å². The van der Waals surface area contributed by atoms with E-state index in [0.29, 0.717) is 25.0 Å². The first-order chi connectivity index (χ1) is 14.5. The lowest BCUT2D eigenvalue weighted by Crippen LogP contribution is -2.66. The van der Waals surface area contributed by atoms with Crippen LogP contribution in [0.2, 0.25) is 5.04 Å². The second-order valence-corrected chi connectivity index (χ2v) is 14.9. The molecule has 1 saturated carbocycles. The van der Waals surface area contributed by atoms with Crippen LogP contribution in [0.5, 0.6) is 0 Å². The van der Waals surface area contributed by atoms with Gasteiger partial charge in [-0.05, 0) is 54.4 Å². The number of carbonyl (C=O) groups is 1. The predicted molar refractivity (Wildman–Crippen MR) is 129 cm³/mol. The van der Waals surface area contributed by atoms with E-state index in [4.69, 9.17) is 9.16 Å². The Labute approximate surface area is 188 Å². The third-order valence-electron chi connectivity index (χ3n) is 5.91. The van der Waals surface area contributed by atoms with Crippen molar-refractivity contribution < 1.29 is 14.0 Å². The molecular formula is C26H37NO3Si. The molecule has 0 aromatic heterocycles. The minimum atomic E-state index is -2.49. The van der Waals surface area contributed by atoms with Crippen LogP contribution in [0.15, 0.2) is 60.7 Å². The Morgan fingerprint density at radius 2 is 1.42 bits per heavy atom. The number of rotatable bonds is 7. The number of carbonyl (C=O) groups excluding carboxylic acids is 1. The zero-order chi connectivity index (χ0) is 22.7. The molecule has 4 nitrogen and oxygen atoms in total. The van der Waals surface area contributed by atoms with Gasteiger partial charge in [0.2, 0.25) is 0 Å². The van der Waals surface area contributed by atoms with Crippen LogP contribution in [0, 0.1) is 11.8 Å². The molecular weight excluding hydrogens is 402 g/mol. The van der Waals surface area contributed by atoms with E-state index in [1.165, 1.54) is 10.4 Å². The van der Waals surface area contributed by atoms with E-state index in [1.54, 1.807) is 0 Å². The van der Waals surface area contributed by atoms with Crippen molar-refractivity contribution in [3.63, 3.8) is 0 Å². The maximum absolute atomic E-state index is 12.0. The number of amides is 1. The molecule has 2 atom stereocenters. The number of hydrogen-bond donors (Lipinski definition) is 1. The van der Waals surface area contributed by atoms with Crippen LogP contribution >= 0.6 is 0 Å². The molecule has 0 heterocycles. The average molecular weight is 440 g/mol. The van der Waals surface area contributed by atoms with Gasteiger partial charge in [-0.15, -0.1) is 0 Å². The second-order valence-electron chi connectivity index (χ2n) is 10.6. The van der Waals surface area contributed by atoms with Gasteiger partial charge >= 0.3 is 6.09 Å². The molecule has 31 heavy (non-hydrogen) atoms. The van der Waals surface area contributed by atoms with Crippen LogP contribution in [0.25, 0.3) is 0 Å². The zero-order valence-corrected chi connectivity index (χ0v) is 20.8. The number of alkyl carbamates (subject to hydrolysis) is 1. The number of nitrogens with one attached hydrogen (secondary N) is 1. The smallest absolute Gasteiger partial charge is 0.407 e. The summed E-state index contributed by atoms with van der Waals surface area (Å²) in [7, 11) is -2.49. The average Bonchev–Trinajstić information content (AvgIpc) is 3.45. The Kier molecular flexibility index (Phi) is 6.97. The summed E-state index contributed by atoms with van der Waals surface area (Å²) >= 11 is 0. The maximum atomic E-state index is 12.0. The van der Waals surface area contributed by atoms with Gasteiger partial charge in [0, 0.05) is 13.2 Å². The zero-order valence-electron chi connectivity index (χ0n) is 19.8. The second kappa shape index (κ2) is 9.17. The van der Waals surface area contributed by atoms with Gasteiger partial charge in [0.05, 0.1) is 0 Å². The van der Waals surface area contributed by atoms with Crippen molar-refractivity contribution in [1.29, 1.82) is 0 Å². The third kappa shape index (κ3) is 5.77. The van der Waals surface area contributed by atoms with E-state index >= 15 is 0 Å². The number of benzene rings is 2. The lowest BCUT2D eigenvalue weighted by atomic mass is 10.2. The Bertz CT molecular complexity index is 816. The molecule has 0 spiro atoms. The van der Waals surface area contributed by atoms with E-state index in [1.807, 2.05) is 20.8 Å². The van der Waals surface area contributed by atoms with E-state index in [9.17, 15) is 4.79 Å². The highest BCUT2D eigenvalue weighted by molar-refractivity contribution is 6.99. The molecule has 2 aromatic rings. The maximum Gasteiger partial charge on any atom is 0.407 e. The normalized spacial score (nSPS) is 19.0. The molecule has 0 aliphatic heterocycles. The van der Waals surface area contributed by atoms with Crippen LogP contribution in [0.4, 0.5) is 4.79 Å². The van der Waals surface area contributed by atoms with Gasteiger partial charge in [-0.2, -0.15) is 0 Å². The van der Waals surface area contributed by atoms with Gasteiger partial charge < -0.3 is 14.5 Å². The van der Waals surface area contributed by atoms with E-state index < -0.39 is 13.9 Å². The largest absolute Gasteiger partial charge is 0.444 e. The number of hydrogen-bond acceptors (Lipinski definition) is 3. The number of ether oxygens (including phenoxy) is 1. The summed E-state index contributed by atoms with van der Waals surface area (Å²) in [4.78, 5) is 12.0. The quantitative estimate of drug-likeness (QED) is 0.635. The minimum absolute atomic E-state index is 0.0190. The highest BCUT2D eigenvalue weighted by Crippen LogP contribution is 2.42. The molecule has 1 amide bonds. The molecule has 168 valence electrons. The van der Waals surface area contributed by atoms with Gasteiger partial charge in [-0.25, -0.2) is 4.79 Å². The summed E-state index contributed by atoms with van der Waals surface area (Å²) in [5.74, 6) is 0.919. The predicted octanol–water partition coefficient (Wildman–Crippen LogP) is 4.72. The molecule has 3 rings (SSSR count). The van der Waals surface area contributed by atoms with E-state index in [0.717, 1.165) is 6.42 Å². The fourth-order valence-electron chi connectivity index (χ4n) is 4.29. The van der Waals surface area contributed by atoms with Crippen LogP contribution < -0.4 is 15.7 Å². The van der Waals surface area contributed by atoms with Crippen LogP contribution in [-0.4, -0.2) is 33.2 Å². The van der Waals surface area contributed by atoms with Crippen molar-refractivity contribution in [3.8, 4) is 0 Å². The van der Waals surface area contributed by atoms with Crippen LogP contribution in [0.3, 0.4) is 0 Å². The van der Waals surface area contributed by atoms with Gasteiger partial charge in [-0.3, -0.25) is 0 Å². The molecule has 1 fully saturated rings. The van der Waals surface area contributed by atoms with Crippen molar-refractivity contribution in [2.75, 3.05) is 13.2 Å². The molecule has 1 aliphatic carbocycles. The summed E-state index contributed by atoms with van der Waals surface area (Å²) in [6, 6.07) is 21.5. The summed E-state index contributed by atoms with van der Waals surface area (Å²) < 4.78 is 12.4. The lowest BCUT2D eigenvalue weighted by Gasteiger charge is -2.43. The monoisotopic (exact) mass is 439 g/mol. The van der Waals surface area contributed by atoms with Gasteiger partial charge in [0.1, 0.15) is 5.60 Å². The molecule has 5 heteroatoms. The summed E-state index contributed by atoms with van der Waals surface area (Å²) in [6.45, 7) is 13.9. The highest BCUT2D eigenvalue weighted by atomic mass is 28.4. The Morgan fingerprint density at radius 3 is 1.87 bits per heavy atom. The van der Waals surface area contributed by atoms with Gasteiger partial charge in [0.25, 0.3) is 8.32 Å². The molecule has 1 N–H and O–H groups in total. The first kappa shape index (κ1) is 23.5. The SMILES string of the molecule is CC(C)(C)OC(=O)NCC1CC1CO[Si](c1ccccc1)(c1ccccc1)C(C)(C)C. The lowest BCUT2D eigenvalue weighted by molar-refractivity contribution is 0.0524. The van der Waals surface area contributed by atoms with Crippen molar-refractivity contribution in [3.05, 3.63) is 60.7 Å². The first-order valence-electron chi connectivity index (χ1n) is 11.2. The molecule has 2 unspecified atom stereocenters. The van der Waals surface area contributed by atoms with E-state index in [-0.39, 0.29) is 11.1 Å². The molecule has 1 aliphatic rings. The molecule has 0 radical (unpaired) electrons. The summed E-state index contributed by atoms with van der Waals surface area (Å²) in [5, 5.41) is 5.50. The highest BCUT2D eigenvalue weighted by Gasteiger charge is 2.51. The van der Waals surface area contributed by atoms with Gasteiger partial charge in [0.15, 0.2) is 0 Å². The molecule has 2 aromatic carbocycles. The van der Waals surface area contributed by atoms with Crippen molar-refractivity contribution in [2.45, 2.75) is 58.6 Å². The van der Waals surface area contributed by atoms with Crippen molar-refractivity contribution >= 4 is 24.8 Å². The molecule has 0 bridgehead atoms. The fraction of sp³-hybridized carbons (Fsp3) is 0.500.